The maximum atomic E-state index is 11.7. The van der Waals surface area contributed by atoms with E-state index in [0.717, 1.165) is 54.9 Å². The number of fused-ring (bicyclic) bond motifs is 1. The van der Waals surface area contributed by atoms with Crippen LogP contribution >= 0.6 is 0 Å². The third-order valence-electron chi connectivity index (χ3n) is 6.88. The molecule has 5 rings (SSSR count). The number of oxazole rings is 1. The molecule has 0 amide bonds. The molecule has 5 nitrogen and oxygen atoms in total. The van der Waals surface area contributed by atoms with Crippen molar-refractivity contribution in [1.82, 2.24) is 9.88 Å². The van der Waals surface area contributed by atoms with Crippen molar-refractivity contribution < 1.29 is 13.9 Å². The molecule has 152 valence electrons. The molecule has 1 aromatic carbocycles. The van der Waals surface area contributed by atoms with Gasteiger partial charge in [0.05, 0.1) is 23.1 Å². The molecule has 0 unspecified atom stereocenters. The molecule has 0 spiro atoms. The Morgan fingerprint density at radius 3 is 2.79 bits per heavy atom. The fourth-order valence-corrected chi connectivity index (χ4v) is 5.33. The predicted octanol–water partition coefficient (Wildman–Crippen LogP) is 4.90. The number of benzene rings is 1. The Labute approximate surface area is 171 Å². The lowest BCUT2D eigenvalue weighted by molar-refractivity contribution is -0.123. The van der Waals surface area contributed by atoms with Crippen molar-refractivity contribution in [3.63, 3.8) is 0 Å². The summed E-state index contributed by atoms with van der Waals surface area (Å²) in [7, 11) is 0. The zero-order valence-corrected chi connectivity index (χ0v) is 16.9. The minimum absolute atomic E-state index is 0.257. The Morgan fingerprint density at radius 1 is 1.17 bits per heavy atom. The summed E-state index contributed by atoms with van der Waals surface area (Å²) in [5.41, 5.74) is 2.18. The van der Waals surface area contributed by atoms with Gasteiger partial charge in [0.2, 0.25) is 5.89 Å². The summed E-state index contributed by atoms with van der Waals surface area (Å²) in [6, 6.07) is 12.5. The van der Waals surface area contributed by atoms with Gasteiger partial charge in [-0.05, 0) is 37.8 Å². The lowest BCUT2D eigenvalue weighted by atomic mass is 9.66. The lowest BCUT2D eigenvalue weighted by Crippen LogP contribution is -2.57. The lowest BCUT2D eigenvalue weighted by Gasteiger charge is -2.52. The molecular weight excluding hydrogens is 364 g/mol. The van der Waals surface area contributed by atoms with Gasteiger partial charge in [-0.3, -0.25) is 4.90 Å². The number of nitrogens with zero attached hydrogens (tertiary/aromatic N) is 2. The van der Waals surface area contributed by atoms with Crippen LogP contribution in [0, 0.1) is 12.8 Å². The highest BCUT2D eigenvalue weighted by Crippen LogP contribution is 2.47. The second-order valence-corrected chi connectivity index (χ2v) is 8.50. The molecule has 29 heavy (non-hydrogen) atoms. The van der Waals surface area contributed by atoms with Gasteiger partial charge in [-0.1, -0.05) is 43.2 Å². The van der Waals surface area contributed by atoms with Gasteiger partial charge in [0.1, 0.15) is 12.0 Å². The maximum Gasteiger partial charge on any atom is 0.229 e. The molecule has 1 aliphatic carbocycles. The van der Waals surface area contributed by atoms with E-state index in [4.69, 9.17) is 13.8 Å². The van der Waals surface area contributed by atoms with Crippen LogP contribution in [-0.2, 0) is 12.1 Å². The number of furan rings is 1. The molecule has 2 aliphatic rings. The Morgan fingerprint density at radius 2 is 2.00 bits per heavy atom. The largest absolute Gasteiger partial charge is 0.472 e. The first-order valence-corrected chi connectivity index (χ1v) is 10.7. The molecule has 3 atom stereocenters. The van der Waals surface area contributed by atoms with Gasteiger partial charge in [0.15, 0.2) is 0 Å². The van der Waals surface area contributed by atoms with Gasteiger partial charge in [-0.2, -0.15) is 0 Å². The number of aromatic nitrogens is 1. The van der Waals surface area contributed by atoms with E-state index in [2.05, 4.69) is 17.0 Å². The molecule has 3 aromatic rings. The molecule has 1 N–H and O–H groups in total. The van der Waals surface area contributed by atoms with Crippen LogP contribution in [0.2, 0.25) is 0 Å². The smallest absolute Gasteiger partial charge is 0.229 e. The Bertz CT molecular complexity index is 950. The van der Waals surface area contributed by atoms with E-state index in [9.17, 15) is 5.11 Å². The van der Waals surface area contributed by atoms with E-state index in [1.165, 1.54) is 12.8 Å². The highest BCUT2D eigenvalue weighted by Gasteiger charge is 2.49. The Hall–Kier alpha value is -2.37. The highest BCUT2D eigenvalue weighted by molar-refractivity contribution is 5.51. The number of aliphatic hydroxyl groups is 1. The van der Waals surface area contributed by atoms with Gasteiger partial charge < -0.3 is 13.9 Å². The third kappa shape index (κ3) is 3.32. The third-order valence-corrected chi connectivity index (χ3v) is 6.88. The summed E-state index contributed by atoms with van der Waals surface area (Å²) < 4.78 is 11.1. The average molecular weight is 392 g/mol. The van der Waals surface area contributed by atoms with Gasteiger partial charge in [0, 0.05) is 25.0 Å². The first-order valence-electron chi connectivity index (χ1n) is 10.7. The molecule has 1 saturated carbocycles. The number of piperidine rings is 1. The normalized spacial score (nSPS) is 27.7. The number of hydrogen-bond donors (Lipinski definition) is 1. The molecular formula is C24H28N2O3. The fourth-order valence-electron chi connectivity index (χ4n) is 5.33. The minimum atomic E-state index is -0.732. The number of likely N-dealkylation sites (tertiary alicyclic amines) is 1. The molecule has 2 fully saturated rings. The zero-order chi connectivity index (χ0) is 19.8. The van der Waals surface area contributed by atoms with Crippen molar-refractivity contribution >= 4 is 0 Å². The minimum Gasteiger partial charge on any atom is -0.472 e. The Balaban J connectivity index is 1.40. The molecule has 1 saturated heterocycles. The monoisotopic (exact) mass is 392 g/mol. The Kier molecular flexibility index (Phi) is 4.80. The molecule has 2 aromatic heterocycles. The van der Waals surface area contributed by atoms with Crippen LogP contribution in [0.4, 0.5) is 0 Å². The summed E-state index contributed by atoms with van der Waals surface area (Å²) in [6.07, 6.45) is 8.67. The zero-order valence-electron chi connectivity index (χ0n) is 16.9. The van der Waals surface area contributed by atoms with Crippen LogP contribution in [0.15, 0.2) is 57.8 Å². The summed E-state index contributed by atoms with van der Waals surface area (Å²) >= 11 is 0. The van der Waals surface area contributed by atoms with Gasteiger partial charge in [-0.25, -0.2) is 4.98 Å². The summed E-state index contributed by atoms with van der Waals surface area (Å²) in [6.45, 7) is 3.60. The van der Waals surface area contributed by atoms with Crippen LogP contribution in [0.5, 0.6) is 0 Å². The molecule has 0 radical (unpaired) electrons. The second kappa shape index (κ2) is 7.47. The van der Waals surface area contributed by atoms with Crippen molar-refractivity contribution in [2.75, 3.05) is 6.54 Å². The molecule has 1 aliphatic heterocycles. The number of aryl methyl sites for hydroxylation is 1. The van der Waals surface area contributed by atoms with Gasteiger partial charge in [0.25, 0.3) is 0 Å². The van der Waals surface area contributed by atoms with Gasteiger partial charge >= 0.3 is 0 Å². The van der Waals surface area contributed by atoms with Crippen molar-refractivity contribution in [2.45, 2.75) is 57.2 Å². The number of rotatable bonds is 4. The summed E-state index contributed by atoms with van der Waals surface area (Å²) in [5, 5.41) is 11.7. The van der Waals surface area contributed by atoms with E-state index in [1.807, 2.05) is 31.2 Å². The summed E-state index contributed by atoms with van der Waals surface area (Å²) in [4.78, 5) is 7.27. The average Bonchev–Trinajstić information content (AvgIpc) is 3.41. The summed E-state index contributed by atoms with van der Waals surface area (Å²) in [5.74, 6) is 1.73. The van der Waals surface area contributed by atoms with Crippen LogP contribution in [0.1, 0.15) is 49.1 Å². The second-order valence-electron chi connectivity index (χ2n) is 8.50. The first-order chi connectivity index (χ1) is 14.1. The molecule has 5 heteroatoms. The SMILES string of the molecule is Cc1oc(-c2ccoc2)nc1CN1CC[C@@](O)(c2ccccc2)[C@H]2CCCC[C@H]21. The quantitative estimate of drug-likeness (QED) is 0.684. The highest BCUT2D eigenvalue weighted by atomic mass is 16.4. The fraction of sp³-hybridized carbons (Fsp3) is 0.458. The van der Waals surface area contributed by atoms with Crippen LogP contribution in [0.25, 0.3) is 11.5 Å². The predicted molar refractivity (Wildman–Crippen MR) is 110 cm³/mol. The van der Waals surface area contributed by atoms with E-state index < -0.39 is 5.60 Å². The topological polar surface area (TPSA) is 62.6 Å². The van der Waals surface area contributed by atoms with E-state index >= 15 is 0 Å². The van der Waals surface area contributed by atoms with Crippen LogP contribution in [-0.4, -0.2) is 27.6 Å². The van der Waals surface area contributed by atoms with Crippen molar-refractivity contribution in [2.24, 2.45) is 5.92 Å². The van der Waals surface area contributed by atoms with Crippen LogP contribution < -0.4 is 0 Å². The maximum absolute atomic E-state index is 11.7. The van der Waals surface area contributed by atoms with Gasteiger partial charge in [-0.15, -0.1) is 0 Å². The number of hydrogen-bond acceptors (Lipinski definition) is 5. The van der Waals surface area contributed by atoms with Crippen molar-refractivity contribution in [3.8, 4) is 11.5 Å². The van der Waals surface area contributed by atoms with E-state index in [1.54, 1.807) is 12.5 Å². The molecule has 3 heterocycles. The van der Waals surface area contributed by atoms with E-state index in [0.29, 0.717) is 11.9 Å². The van der Waals surface area contributed by atoms with Crippen LogP contribution in [0.3, 0.4) is 0 Å². The van der Waals surface area contributed by atoms with Crippen molar-refractivity contribution in [1.29, 1.82) is 0 Å². The first kappa shape index (κ1) is 18.6. The standard InChI is InChI=1S/C24H28N2O3/c1-17-21(25-23(29-17)18-11-14-28-16-18)15-26-13-12-24(27,19-7-3-2-4-8-19)20-9-5-6-10-22(20)26/h2-4,7-8,11,14,16,20,22,27H,5-6,9-10,12-13,15H2,1H3/t20-,22+,24+/m0/s1. The molecule has 0 bridgehead atoms. The van der Waals surface area contributed by atoms with Crippen molar-refractivity contribution in [3.05, 3.63) is 65.9 Å². The van der Waals surface area contributed by atoms with E-state index in [-0.39, 0.29) is 5.92 Å².